The molecule has 19 heavy (non-hydrogen) atoms. The summed E-state index contributed by atoms with van der Waals surface area (Å²) < 4.78 is 7.45. The van der Waals surface area contributed by atoms with Gasteiger partial charge < -0.3 is 9.30 Å². The van der Waals surface area contributed by atoms with E-state index in [0.717, 1.165) is 56.7 Å². The number of rotatable bonds is 4. The van der Waals surface area contributed by atoms with Crippen molar-refractivity contribution in [3.05, 3.63) is 30.1 Å². The number of carbonyl (C=O) groups is 1. The lowest BCUT2D eigenvalue weighted by atomic mass is 10.2. The topological polar surface area (TPSA) is 47.4 Å². The van der Waals surface area contributed by atoms with E-state index in [4.69, 9.17) is 4.74 Å². The highest BCUT2D eigenvalue weighted by molar-refractivity contribution is 5.84. The van der Waals surface area contributed by atoms with Crippen LogP contribution in [-0.2, 0) is 11.3 Å². The highest BCUT2D eigenvalue weighted by atomic mass is 16.5. The van der Waals surface area contributed by atoms with E-state index in [0.29, 0.717) is 5.56 Å². The zero-order valence-corrected chi connectivity index (χ0v) is 10.8. The number of carbonyl (C=O) groups excluding carboxylic acids is 1. The Labute approximate surface area is 111 Å². The van der Waals surface area contributed by atoms with Crippen molar-refractivity contribution in [3.8, 4) is 0 Å². The second kappa shape index (κ2) is 5.50. The predicted octanol–water partition coefficient (Wildman–Crippen LogP) is 1.18. The van der Waals surface area contributed by atoms with Crippen LogP contribution < -0.4 is 0 Å². The first-order chi connectivity index (χ1) is 9.36. The zero-order valence-electron chi connectivity index (χ0n) is 10.8. The summed E-state index contributed by atoms with van der Waals surface area (Å²) in [5.41, 5.74) is 2.66. The molecule has 0 spiro atoms. The maximum Gasteiger partial charge on any atom is 0.150 e. The maximum atomic E-state index is 10.8. The predicted molar refractivity (Wildman–Crippen MR) is 72.4 cm³/mol. The van der Waals surface area contributed by atoms with Gasteiger partial charge in [-0.3, -0.25) is 9.69 Å². The highest BCUT2D eigenvalue weighted by Gasteiger charge is 2.11. The minimum Gasteiger partial charge on any atom is -0.379 e. The lowest BCUT2D eigenvalue weighted by Crippen LogP contribution is -2.38. The van der Waals surface area contributed by atoms with Crippen molar-refractivity contribution in [2.24, 2.45) is 0 Å². The minimum absolute atomic E-state index is 0.695. The molecule has 0 radical (unpaired) electrons. The molecule has 0 saturated carbocycles. The fourth-order valence-corrected chi connectivity index (χ4v) is 2.40. The van der Waals surface area contributed by atoms with Gasteiger partial charge in [-0.05, 0) is 18.2 Å². The summed E-state index contributed by atoms with van der Waals surface area (Å²) >= 11 is 0. The number of fused-ring (bicyclic) bond motifs is 1. The third kappa shape index (κ3) is 2.67. The molecule has 0 amide bonds. The SMILES string of the molecule is O=Cc1ccc2ncn(CCN3CCOCC3)c2c1. The number of morpholine rings is 1. The van der Waals surface area contributed by atoms with Crippen molar-refractivity contribution >= 4 is 17.3 Å². The minimum atomic E-state index is 0.695. The van der Waals surface area contributed by atoms with E-state index in [1.54, 1.807) is 6.07 Å². The zero-order chi connectivity index (χ0) is 13.1. The molecule has 1 saturated heterocycles. The van der Waals surface area contributed by atoms with Gasteiger partial charge >= 0.3 is 0 Å². The summed E-state index contributed by atoms with van der Waals surface area (Å²) in [7, 11) is 0. The normalized spacial score (nSPS) is 16.8. The van der Waals surface area contributed by atoms with E-state index in [9.17, 15) is 4.79 Å². The monoisotopic (exact) mass is 259 g/mol. The number of ether oxygens (including phenoxy) is 1. The Morgan fingerprint density at radius 3 is 2.89 bits per heavy atom. The van der Waals surface area contributed by atoms with Gasteiger partial charge in [0.1, 0.15) is 6.29 Å². The number of nitrogens with zero attached hydrogens (tertiary/aromatic N) is 3. The molecule has 0 aliphatic carbocycles. The Hall–Kier alpha value is -1.72. The third-order valence-corrected chi connectivity index (χ3v) is 3.54. The molecule has 0 bridgehead atoms. The summed E-state index contributed by atoms with van der Waals surface area (Å²) in [5.74, 6) is 0. The fourth-order valence-electron chi connectivity index (χ4n) is 2.40. The third-order valence-electron chi connectivity index (χ3n) is 3.54. The van der Waals surface area contributed by atoms with Crippen molar-refractivity contribution < 1.29 is 9.53 Å². The van der Waals surface area contributed by atoms with Crippen LogP contribution in [0.3, 0.4) is 0 Å². The molecule has 5 nitrogen and oxygen atoms in total. The summed E-state index contributed by atoms with van der Waals surface area (Å²) in [6, 6.07) is 5.59. The molecule has 2 heterocycles. The van der Waals surface area contributed by atoms with E-state index in [2.05, 4.69) is 14.5 Å². The van der Waals surface area contributed by atoms with Gasteiger partial charge in [-0.2, -0.15) is 0 Å². The van der Waals surface area contributed by atoms with Crippen LogP contribution in [0, 0.1) is 0 Å². The van der Waals surface area contributed by atoms with Crippen molar-refractivity contribution in [1.82, 2.24) is 14.5 Å². The van der Waals surface area contributed by atoms with Crippen molar-refractivity contribution in [1.29, 1.82) is 0 Å². The summed E-state index contributed by atoms with van der Waals surface area (Å²) in [5, 5.41) is 0. The average molecular weight is 259 g/mol. The highest BCUT2D eigenvalue weighted by Crippen LogP contribution is 2.14. The van der Waals surface area contributed by atoms with E-state index < -0.39 is 0 Å². The molecule has 2 aromatic rings. The Morgan fingerprint density at radius 1 is 1.26 bits per heavy atom. The van der Waals surface area contributed by atoms with Crippen LogP contribution >= 0.6 is 0 Å². The summed E-state index contributed by atoms with van der Waals surface area (Å²) in [6.07, 6.45) is 2.72. The van der Waals surface area contributed by atoms with Gasteiger partial charge in [0.2, 0.25) is 0 Å². The first kappa shape index (κ1) is 12.3. The fraction of sp³-hybridized carbons (Fsp3) is 0.429. The van der Waals surface area contributed by atoms with Crippen LogP contribution in [0.15, 0.2) is 24.5 Å². The van der Waals surface area contributed by atoms with Gasteiger partial charge in [-0.25, -0.2) is 4.98 Å². The Balaban J connectivity index is 1.74. The molecule has 0 N–H and O–H groups in total. The quantitative estimate of drug-likeness (QED) is 0.774. The van der Waals surface area contributed by atoms with Gasteiger partial charge in [-0.1, -0.05) is 0 Å². The molecule has 3 rings (SSSR count). The molecule has 5 heteroatoms. The van der Waals surface area contributed by atoms with E-state index >= 15 is 0 Å². The molecule has 1 fully saturated rings. The molecular weight excluding hydrogens is 242 g/mol. The first-order valence-electron chi connectivity index (χ1n) is 6.57. The van der Waals surface area contributed by atoms with Gasteiger partial charge in [0.15, 0.2) is 0 Å². The van der Waals surface area contributed by atoms with E-state index in [1.165, 1.54) is 0 Å². The molecule has 1 aromatic carbocycles. The van der Waals surface area contributed by atoms with Crippen molar-refractivity contribution in [3.63, 3.8) is 0 Å². The van der Waals surface area contributed by atoms with E-state index in [1.807, 2.05) is 18.5 Å². The lowest BCUT2D eigenvalue weighted by Gasteiger charge is -2.26. The molecule has 1 aromatic heterocycles. The first-order valence-corrected chi connectivity index (χ1v) is 6.57. The van der Waals surface area contributed by atoms with Gasteiger partial charge in [-0.15, -0.1) is 0 Å². The second-order valence-electron chi connectivity index (χ2n) is 4.76. The largest absolute Gasteiger partial charge is 0.379 e. The number of benzene rings is 1. The Kier molecular flexibility index (Phi) is 3.57. The second-order valence-corrected chi connectivity index (χ2v) is 4.76. The van der Waals surface area contributed by atoms with Crippen LogP contribution in [0.1, 0.15) is 10.4 Å². The number of aldehydes is 1. The maximum absolute atomic E-state index is 10.8. The van der Waals surface area contributed by atoms with Gasteiger partial charge in [0.05, 0.1) is 30.6 Å². The number of hydrogen-bond acceptors (Lipinski definition) is 4. The molecule has 1 aliphatic heterocycles. The molecule has 1 aliphatic rings. The number of aromatic nitrogens is 2. The standard InChI is InChI=1S/C14H17N3O2/c18-10-12-1-2-13-14(9-12)17(11-15-13)4-3-16-5-7-19-8-6-16/h1-2,9-11H,3-8H2. The van der Waals surface area contributed by atoms with Crippen LogP contribution in [0.5, 0.6) is 0 Å². The van der Waals surface area contributed by atoms with E-state index in [-0.39, 0.29) is 0 Å². The van der Waals surface area contributed by atoms with Crippen LogP contribution in [-0.4, -0.2) is 53.6 Å². The molecular formula is C14H17N3O2. The smallest absolute Gasteiger partial charge is 0.150 e. The van der Waals surface area contributed by atoms with Crippen molar-refractivity contribution in [2.45, 2.75) is 6.54 Å². The molecule has 0 unspecified atom stereocenters. The van der Waals surface area contributed by atoms with Gasteiger partial charge in [0.25, 0.3) is 0 Å². The lowest BCUT2D eigenvalue weighted by molar-refractivity contribution is 0.0365. The van der Waals surface area contributed by atoms with Crippen LogP contribution in [0.2, 0.25) is 0 Å². The van der Waals surface area contributed by atoms with Crippen LogP contribution in [0.25, 0.3) is 11.0 Å². The number of hydrogen-bond donors (Lipinski definition) is 0. The molecule has 100 valence electrons. The van der Waals surface area contributed by atoms with Crippen molar-refractivity contribution in [2.75, 3.05) is 32.8 Å². The average Bonchev–Trinajstić information content (AvgIpc) is 2.88. The summed E-state index contributed by atoms with van der Waals surface area (Å²) in [4.78, 5) is 17.6. The van der Waals surface area contributed by atoms with Crippen LogP contribution in [0.4, 0.5) is 0 Å². The van der Waals surface area contributed by atoms with Gasteiger partial charge in [0, 0.05) is 31.7 Å². The summed E-state index contributed by atoms with van der Waals surface area (Å²) in [6.45, 7) is 5.50. The Morgan fingerprint density at radius 2 is 2.11 bits per heavy atom. The molecule has 0 atom stereocenters. The number of imidazole rings is 1. The Bertz CT molecular complexity index is 573.